The molecule has 0 spiro atoms. The van der Waals surface area contributed by atoms with Crippen molar-refractivity contribution in [1.82, 2.24) is 4.98 Å². The molecule has 2 aromatic rings. The van der Waals surface area contributed by atoms with E-state index in [0.717, 1.165) is 5.69 Å². The van der Waals surface area contributed by atoms with Gasteiger partial charge in [0, 0.05) is 11.9 Å². The lowest BCUT2D eigenvalue weighted by molar-refractivity contribution is 1.28. The van der Waals surface area contributed by atoms with Crippen molar-refractivity contribution in [1.29, 1.82) is 5.26 Å². The fraction of sp³-hybridized carbons (Fsp3) is 0.0769. The van der Waals surface area contributed by atoms with Gasteiger partial charge in [-0.05, 0) is 36.8 Å². The van der Waals surface area contributed by atoms with Gasteiger partial charge < -0.3 is 5.32 Å². The zero-order chi connectivity index (χ0) is 11.4. The molecule has 0 aliphatic rings. The number of nitriles is 1. The predicted molar refractivity (Wildman–Crippen MR) is 63.4 cm³/mol. The Bertz CT molecular complexity index is 541. The molecule has 3 nitrogen and oxygen atoms in total. The zero-order valence-electron chi connectivity index (χ0n) is 8.94. The number of benzene rings is 1. The van der Waals surface area contributed by atoms with E-state index in [1.807, 2.05) is 31.2 Å². The average Bonchev–Trinajstić information content (AvgIpc) is 2.30. The molecule has 0 saturated carbocycles. The largest absolute Gasteiger partial charge is 0.339 e. The van der Waals surface area contributed by atoms with Crippen LogP contribution in [0.15, 0.2) is 42.6 Å². The first-order valence-corrected chi connectivity index (χ1v) is 4.98. The van der Waals surface area contributed by atoms with Gasteiger partial charge in [-0.15, -0.1) is 0 Å². The van der Waals surface area contributed by atoms with Gasteiger partial charge in [0.2, 0.25) is 0 Å². The van der Waals surface area contributed by atoms with Crippen LogP contribution in [0.25, 0.3) is 0 Å². The fourth-order valence-electron chi connectivity index (χ4n) is 1.45. The first-order chi connectivity index (χ1) is 7.79. The van der Waals surface area contributed by atoms with Crippen LogP contribution in [0, 0.1) is 18.3 Å². The highest BCUT2D eigenvalue weighted by atomic mass is 15.0. The molecule has 0 amide bonds. The van der Waals surface area contributed by atoms with Gasteiger partial charge in [-0.3, -0.25) is 0 Å². The van der Waals surface area contributed by atoms with Gasteiger partial charge >= 0.3 is 0 Å². The van der Waals surface area contributed by atoms with Gasteiger partial charge in [-0.2, -0.15) is 5.26 Å². The number of aromatic nitrogens is 1. The molecule has 1 aromatic heterocycles. The summed E-state index contributed by atoms with van der Waals surface area (Å²) in [6.45, 7) is 2.02. The number of nitrogens with zero attached hydrogens (tertiary/aromatic N) is 2. The average molecular weight is 209 g/mol. The third-order valence-corrected chi connectivity index (χ3v) is 2.21. The van der Waals surface area contributed by atoms with Crippen molar-refractivity contribution in [2.75, 3.05) is 5.32 Å². The molecule has 0 aliphatic carbocycles. The highest BCUT2D eigenvalue weighted by Crippen LogP contribution is 2.18. The predicted octanol–water partition coefficient (Wildman–Crippen LogP) is 3.01. The summed E-state index contributed by atoms with van der Waals surface area (Å²) >= 11 is 0. The van der Waals surface area contributed by atoms with E-state index in [4.69, 9.17) is 5.26 Å². The first kappa shape index (κ1) is 10.2. The molecule has 1 N–H and O–H groups in total. The summed E-state index contributed by atoms with van der Waals surface area (Å²) in [5, 5.41) is 12.1. The Hall–Kier alpha value is -2.34. The molecule has 3 heteroatoms. The van der Waals surface area contributed by atoms with Crippen LogP contribution < -0.4 is 5.32 Å². The quantitative estimate of drug-likeness (QED) is 0.827. The topological polar surface area (TPSA) is 48.7 Å². The maximum absolute atomic E-state index is 8.92. The Kier molecular flexibility index (Phi) is 2.84. The lowest BCUT2D eigenvalue weighted by Crippen LogP contribution is -1.96. The minimum absolute atomic E-state index is 0.545. The number of aryl methyl sites for hydroxylation is 1. The van der Waals surface area contributed by atoms with Crippen LogP contribution in [0.3, 0.4) is 0 Å². The standard InChI is InChI=1S/C13H11N3/c1-10-4-2-6-12(8-10)16-13-11(9-14)5-3-7-15-13/h2-8H,1H3,(H,15,16). The van der Waals surface area contributed by atoms with Gasteiger partial charge in [-0.1, -0.05) is 12.1 Å². The molecule has 0 atom stereocenters. The van der Waals surface area contributed by atoms with E-state index in [2.05, 4.69) is 16.4 Å². The van der Waals surface area contributed by atoms with E-state index < -0.39 is 0 Å². The second-order valence-electron chi connectivity index (χ2n) is 3.51. The Morgan fingerprint density at radius 2 is 2.12 bits per heavy atom. The molecule has 0 radical (unpaired) electrons. The lowest BCUT2D eigenvalue weighted by atomic mass is 10.2. The Morgan fingerprint density at radius 1 is 1.25 bits per heavy atom. The highest BCUT2D eigenvalue weighted by Gasteiger charge is 2.02. The van der Waals surface area contributed by atoms with E-state index in [0.29, 0.717) is 11.4 Å². The fourth-order valence-corrected chi connectivity index (χ4v) is 1.45. The van der Waals surface area contributed by atoms with E-state index >= 15 is 0 Å². The number of pyridine rings is 1. The maximum atomic E-state index is 8.92. The van der Waals surface area contributed by atoms with Gasteiger partial charge in [0.05, 0.1) is 5.56 Å². The van der Waals surface area contributed by atoms with Crippen LogP contribution in [-0.2, 0) is 0 Å². The number of nitrogens with one attached hydrogen (secondary N) is 1. The molecule has 78 valence electrons. The van der Waals surface area contributed by atoms with Crippen LogP contribution in [0.2, 0.25) is 0 Å². The van der Waals surface area contributed by atoms with Gasteiger partial charge in [0.25, 0.3) is 0 Å². The Morgan fingerprint density at radius 3 is 2.88 bits per heavy atom. The molecule has 2 rings (SSSR count). The summed E-state index contributed by atoms with van der Waals surface area (Å²) in [5.41, 5.74) is 2.65. The summed E-state index contributed by atoms with van der Waals surface area (Å²) in [7, 11) is 0. The smallest absolute Gasteiger partial charge is 0.148 e. The number of rotatable bonds is 2. The molecule has 0 fully saturated rings. The number of anilines is 2. The lowest BCUT2D eigenvalue weighted by Gasteiger charge is -2.07. The van der Waals surface area contributed by atoms with E-state index in [-0.39, 0.29) is 0 Å². The van der Waals surface area contributed by atoms with Crippen molar-refractivity contribution in [2.45, 2.75) is 6.92 Å². The minimum atomic E-state index is 0.545. The summed E-state index contributed by atoms with van der Waals surface area (Å²) in [6, 6.07) is 13.5. The highest BCUT2D eigenvalue weighted by molar-refractivity contribution is 5.62. The summed E-state index contributed by atoms with van der Waals surface area (Å²) in [4.78, 5) is 4.14. The van der Waals surface area contributed by atoms with Crippen LogP contribution >= 0.6 is 0 Å². The monoisotopic (exact) mass is 209 g/mol. The van der Waals surface area contributed by atoms with E-state index in [9.17, 15) is 0 Å². The van der Waals surface area contributed by atoms with Crippen LogP contribution in [0.1, 0.15) is 11.1 Å². The van der Waals surface area contributed by atoms with Crippen molar-refractivity contribution >= 4 is 11.5 Å². The SMILES string of the molecule is Cc1cccc(Nc2ncccc2C#N)c1. The van der Waals surface area contributed by atoms with Crippen molar-refractivity contribution in [3.8, 4) is 6.07 Å². The van der Waals surface area contributed by atoms with Gasteiger partial charge in [-0.25, -0.2) is 4.98 Å². The Labute approximate surface area is 94.4 Å². The summed E-state index contributed by atoms with van der Waals surface area (Å²) < 4.78 is 0. The van der Waals surface area contributed by atoms with Gasteiger partial charge in [0.15, 0.2) is 0 Å². The molecule has 16 heavy (non-hydrogen) atoms. The van der Waals surface area contributed by atoms with Crippen molar-refractivity contribution in [2.24, 2.45) is 0 Å². The molecule has 0 bridgehead atoms. The zero-order valence-corrected chi connectivity index (χ0v) is 8.94. The molecule has 0 unspecified atom stereocenters. The first-order valence-electron chi connectivity index (χ1n) is 4.98. The van der Waals surface area contributed by atoms with Crippen molar-refractivity contribution in [3.05, 3.63) is 53.7 Å². The molecule has 0 aliphatic heterocycles. The van der Waals surface area contributed by atoms with Crippen LogP contribution in [0.5, 0.6) is 0 Å². The van der Waals surface area contributed by atoms with Crippen molar-refractivity contribution in [3.63, 3.8) is 0 Å². The van der Waals surface area contributed by atoms with Crippen LogP contribution in [-0.4, -0.2) is 4.98 Å². The molecule has 0 saturated heterocycles. The van der Waals surface area contributed by atoms with E-state index in [1.54, 1.807) is 18.3 Å². The third kappa shape index (κ3) is 2.18. The number of hydrogen-bond donors (Lipinski definition) is 1. The second-order valence-corrected chi connectivity index (χ2v) is 3.51. The van der Waals surface area contributed by atoms with E-state index in [1.165, 1.54) is 5.56 Å². The second kappa shape index (κ2) is 4.45. The number of hydrogen-bond acceptors (Lipinski definition) is 3. The van der Waals surface area contributed by atoms with Crippen molar-refractivity contribution < 1.29 is 0 Å². The summed E-state index contributed by atoms with van der Waals surface area (Å²) in [6.07, 6.45) is 1.67. The maximum Gasteiger partial charge on any atom is 0.148 e. The van der Waals surface area contributed by atoms with Gasteiger partial charge in [0.1, 0.15) is 11.9 Å². The molecular formula is C13H11N3. The molecular weight excluding hydrogens is 198 g/mol. The Balaban J connectivity index is 2.31. The minimum Gasteiger partial charge on any atom is -0.339 e. The third-order valence-electron chi connectivity index (χ3n) is 2.21. The molecule has 1 heterocycles. The molecule has 1 aromatic carbocycles. The summed E-state index contributed by atoms with van der Waals surface area (Å²) in [5.74, 6) is 0.593. The normalized spacial score (nSPS) is 9.50. The van der Waals surface area contributed by atoms with Crippen LogP contribution in [0.4, 0.5) is 11.5 Å².